The molecular formula is C36H28Cl3NbO2. The van der Waals surface area contributed by atoms with Crippen LogP contribution in [0.25, 0.3) is 44.5 Å². The molecule has 0 aromatic heterocycles. The summed E-state index contributed by atoms with van der Waals surface area (Å²) < 4.78 is 0. The van der Waals surface area contributed by atoms with Gasteiger partial charge in [0.05, 0.1) is 0 Å². The zero-order chi connectivity index (χ0) is 29.7. The van der Waals surface area contributed by atoms with E-state index in [1.807, 2.05) is 158 Å². The first-order chi connectivity index (χ1) is 20.5. The van der Waals surface area contributed by atoms with Crippen molar-refractivity contribution < 1.29 is 25.4 Å². The Morgan fingerprint density at radius 3 is 0.690 bits per heavy atom. The van der Waals surface area contributed by atoms with Crippen molar-refractivity contribution in [1.82, 2.24) is 0 Å². The summed E-state index contributed by atoms with van der Waals surface area (Å²) in [5, 5.41) is 21.0. The average molecular weight is 692 g/mol. The average Bonchev–Trinajstić information content (AvgIpc) is 3.03. The van der Waals surface area contributed by atoms with E-state index in [0.717, 1.165) is 44.5 Å². The SMILES string of the molecule is Oc1c(-c2ccccc2)cccc1-c1ccccc1.Oc1c(-c2ccccc2)cccc1-c1ccccc1.[Cl][Nb]([Cl])[Cl]. The van der Waals surface area contributed by atoms with Gasteiger partial charge in [0.15, 0.2) is 0 Å². The second-order valence-electron chi connectivity index (χ2n) is 9.06. The quantitative estimate of drug-likeness (QED) is 0.181. The Hall–Kier alpha value is -3.47. The van der Waals surface area contributed by atoms with Gasteiger partial charge < -0.3 is 10.2 Å². The van der Waals surface area contributed by atoms with Crippen LogP contribution < -0.4 is 0 Å². The topological polar surface area (TPSA) is 40.5 Å². The molecule has 6 aromatic carbocycles. The van der Waals surface area contributed by atoms with Crippen molar-refractivity contribution in [2.45, 2.75) is 0 Å². The molecule has 0 spiro atoms. The maximum absolute atomic E-state index is 10.5. The Balaban J connectivity index is 0.000000171. The number of aromatic hydroxyl groups is 2. The van der Waals surface area contributed by atoms with Gasteiger partial charge in [-0.1, -0.05) is 158 Å². The van der Waals surface area contributed by atoms with E-state index in [1.165, 1.54) is 0 Å². The van der Waals surface area contributed by atoms with Crippen molar-refractivity contribution in [2.24, 2.45) is 0 Å². The zero-order valence-corrected chi connectivity index (χ0v) is 27.0. The Bertz CT molecular complexity index is 1420. The number of phenolic OH excluding ortho intramolecular Hbond substituents is 2. The fourth-order valence-corrected chi connectivity index (χ4v) is 4.49. The first-order valence-corrected chi connectivity index (χ1v) is 21.6. The van der Waals surface area contributed by atoms with E-state index in [1.54, 1.807) is 0 Å². The molecule has 6 aromatic rings. The zero-order valence-electron chi connectivity index (χ0n) is 22.5. The second-order valence-corrected chi connectivity index (χ2v) is 19.1. The Labute approximate surface area is 265 Å². The van der Waals surface area contributed by atoms with Crippen LogP contribution in [0, 0.1) is 0 Å². The molecule has 6 heteroatoms. The maximum atomic E-state index is 10.5. The van der Waals surface area contributed by atoms with Crippen molar-refractivity contribution in [3.63, 3.8) is 0 Å². The predicted molar refractivity (Wildman–Crippen MR) is 176 cm³/mol. The van der Waals surface area contributed by atoms with E-state index in [2.05, 4.69) is 0 Å². The number of para-hydroxylation sites is 2. The van der Waals surface area contributed by atoms with Gasteiger partial charge in [-0.3, -0.25) is 0 Å². The van der Waals surface area contributed by atoms with Crippen molar-refractivity contribution in [3.8, 4) is 56.0 Å². The van der Waals surface area contributed by atoms with Gasteiger partial charge in [0, 0.05) is 22.3 Å². The number of benzene rings is 6. The summed E-state index contributed by atoms with van der Waals surface area (Å²) in [5.41, 5.74) is 7.55. The van der Waals surface area contributed by atoms with Gasteiger partial charge >= 0.3 is 42.8 Å². The first kappa shape index (κ1) is 31.5. The van der Waals surface area contributed by atoms with Crippen LogP contribution in [0.1, 0.15) is 0 Å². The summed E-state index contributed by atoms with van der Waals surface area (Å²) in [7, 11) is 15.0. The number of hydrogen-bond acceptors (Lipinski definition) is 2. The van der Waals surface area contributed by atoms with Crippen LogP contribution in [-0.2, 0) is 15.2 Å². The standard InChI is InChI=1S/2C18H14O.3ClH.Nb/c2*19-18-16(14-8-3-1-4-9-14)12-7-13-17(18)15-10-5-2-6-11-15;;;;/h2*1-13,19H;3*1H;/q;;;;;+3/p-3. The molecule has 0 saturated carbocycles. The molecule has 0 aliphatic rings. The molecule has 0 saturated heterocycles. The molecule has 0 atom stereocenters. The minimum absolute atomic E-state index is 0.333. The van der Waals surface area contributed by atoms with E-state index in [-0.39, 0.29) is 0 Å². The van der Waals surface area contributed by atoms with Crippen molar-refractivity contribution >= 4 is 27.6 Å². The molecule has 0 heterocycles. The molecule has 0 unspecified atom stereocenters. The molecule has 2 N–H and O–H groups in total. The van der Waals surface area contributed by atoms with Gasteiger partial charge in [-0.2, -0.15) is 0 Å². The minimum atomic E-state index is -2.03. The van der Waals surface area contributed by atoms with Crippen LogP contribution >= 0.6 is 27.6 Å². The summed E-state index contributed by atoms with van der Waals surface area (Å²) in [6.45, 7) is 0. The third kappa shape index (κ3) is 8.77. The normalized spacial score (nSPS) is 10.2. The van der Waals surface area contributed by atoms with E-state index in [9.17, 15) is 10.2 Å². The van der Waals surface area contributed by atoms with Crippen molar-refractivity contribution in [1.29, 1.82) is 0 Å². The number of rotatable bonds is 4. The van der Waals surface area contributed by atoms with Gasteiger partial charge in [0.2, 0.25) is 0 Å². The van der Waals surface area contributed by atoms with Gasteiger partial charge in [-0.25, -0.2) is 0 Å². The summed E-state index contributed by atoms with van der Waals surface area (Å²) in [5.74, 6) is 0.666. The number of hydrogen-bond donors (Lipinski definition) is 2. The Kier molecular flexibility index (Phi) is 12.2. The van der Waals surface area contributed by atoms with Gasteiger partial charge in [-0.15, -0.1) is 0 Å². The van der Waals surface area contributed by atoms with Crippen molar-refractivity contribution in [2.75, 3.05) is 0 Å². The van der Waals surface area contributed by atoms with Crippen LogP contribution in [-0.4, -0.2) is 10.2 Å². The molecular weight excluding hydrogens is 664 g/mol. The first-order valence-electron chi connectivity index (χ1n) is 13.1. The summed E-state index contributed by atoms with van der Waals surface area (Å²) in [6.07, 6.45) is 0. The second kappa shape index (κ2) is 16.2. The van der Waals surface area contributed by atoms with Gasteiger partial charge in [0.1, 0.15) is 11.5 Å². The molecule has 0 amide bonds. The predicted octanol–water partition coefficient (Wildman–Crippen LogP) is 11.5. The van der Waals surface area contributed by atoms with E-state index < -0.39 is 15.2 Å². The number of phenols is 2. The molecule has 6 rings (SSSR count). The monoisotopic (exact) mass is 690 g/mol. The molecule has 0 fully saturated rings. The van der Waals surface area contributed by atoms with Crippen LogP contribution in [0.2, 0.25) is 0 Å². The Morgan fingerprint density at radius 1 is 0.310 bits per heavy atom. The third-order valence-electron chi connectivity index (χ3n) is 6.41. The molecule has 210 valence electrons. The number of halogens is 3. The van der Waals surface area contributed by atoms with Crippen LogP contribution in [0.5, 0.6) is 11.5 Å². The van der Waals surface area contributed by atoms with Gasteiger partial charge in [0.25, 0.3) is 0 Å². The molecule has 2 nitrogen and oxygen atoms in total. The van der Waals surface area contributed by atoms with E-state index in [4.69, 9.17) is 27.6 Å². The molecule has 0 aliphatic carbocycles. The van der Waals surface area contributed by atoms with E-state index in [0.29, 0.717) is 11.5 Å². The Morgan fingerprint density at radius 2 is 0.500 bits per heavy atom. The van der Waals surface area contributed by atoms with E-state index >= 15 is 0 Å². The van der Waals surface area contributed by atoms with Crippen LogP contribution in [0.4, 0.5) is 0 Å². The summed E-state index contributed by atoms with van der Waals surface area (Å²) >= 11 is -2.03. The molecule has 0 bridgehead atoms. The van der Waals surface area contributed by atoms with Crippen LogP contribution in [0.15, 0.2) is 158 Å². The van der Waals surface area contributed by atoms with Crippen molar-refractivity contribution in [3.05, 3.63) is 158 Å². The van der Waals surface area contributed by atoms with Crippen LogP contribution in [0.3, 0.4) is 0 Å². The fourth-order valence-electron chi connectivity index (χ4n) is 4.49. The summed E-state index contributed by atoms with van der Waals surface area (Å²) in [4.78, 5) is 0. The fraction of sp³-hybridized carbons (Fsp3) is 0. The third-order valence-corrected chi connectivity index (χ3v) is 6.41. The van der Waals surface area contributed by atoms with Gasteiger partial charge in [-0.05, 0) is 22.3 Å². The molecule has 0 radical (unpaired) electrons. The summed E-state index contributed by atoms with van der Waals surface area (Å²) in [6, 6.07) is 51.5. The molecule has 42 heavy (non-hydrogen) atoms. The molecule has 0 aliphatic heterocycles.